The molecule has 102 valence electrons. The van der Waals surface area contributed by atoms with Gasteiger partial charge in [-0.15, -0.1) is 0 Å². The summed E-state index contributed by atoms with van der Waals surface area (Å²) in [4.78, 5) is 12.3. The third kappa shape index (κ3) is 2.26. The zero-order valence-corrected chi connectivity index (χ0v) is 11.4. The number of hydrogen-bond donors (Lipinski definition) is 0. The molecule has 1 heterocycles. The molecule has 0 bridgehead atoms. The second kappa shape index (κ2) is 4.32. The SMILES string of the molecule is CC1CC(C)CC2(CC(=O)c3ccc(F)cc3O2)C1. The Kier molecular flexibility index (Phi) is 2.88. The van der Waals surface area contributed by atoms with Gasteiger partial charge in [-0.1, -0.05) is 13.8 Å². The first-order valence-corrected chi connectivity index (χ1v) is 6.99. The average molecular weight is 262 g/mol. The fraction of sp³-hybridized carbons (Fsp3) is 0.562. The first kappa shape index (κ1) is 12.6. The number of fused-ring (bicyclic) bond motifs is 1. The van der Waals surface area contributed by atoms with Crippen molar-refractivity contribution in [2.45, 2.75) is 45.1 Å². The molecule has 1 aliphatic carbocycles. The van der Waals surface area contributed by atoms with E-state index in [2.05, 4.69) is 13.8 Å². The normalized spacial score (nSPS) is 33.9. The summed E-state index contributed by atoms with van der Waals surface area (Å²) < 4.78 is 19.4. The number of benzene rings is 1. The molecule has 19 heavy (non-hydrogen) atoms. The maximum atomic E-state index is 13.3. The van der Waals surface area contributed by atoms with Gasteiger partial charge in [0.1, 0.15) is 17.2 Å². The molecule has 0 saturated heterocycles. The van der Waals surface area contributed by atoms with Crippen molar-refractivity contribution in [1.82, 2.24) is 0 Å². The van der Waals surface area contributed by atoms with Gasteiger partial charge in [-0.25, -0.2) is 4.39 Å². The minimum Gasteiger partial charge on any atom is -0.486 e. The summed E-state index contributed by atoms with van der Waals surface area (Å²) in [6.45, 7) is 4.40. The van der Waals surface area contributed by atoms with Crippen LogP contribution in [0.15, 0.2) is 18.2 Å². The molecule has 1 fully saturated rings. The minimum absolute atomic E-state index is 0.0857. The molecular weight excluding hydrogens is 243 g/mol. The first-order valence-electron chi connectivity index (χ1n) is 6.99. The first-order chi connectivity index (χ1) is 8.97. The predicted molar refractivity (Wildman–Crippen MR) is 70.9 cm³/mol. The number of Topliss-reactive ketones (excluding diaryl/α,β-unsaturated/α-hetero) is 1. The van der Waals surface area contributed by atoms with Gasteiger partial charge in [-0.2, -0.15) is 0 Å². The van der Waals surface area contributed by atoms with E-state index < -0.39 is 5.60 Å². The monoisotopic (exact) mass is 262 g/mol. The van der Waals surface area contributed by atoms with Crippen molar-refractivity contribution in [2.24, 2.45) is 11.8 Å². The Morgan fingerprint density at radius 1 is 1.26 bits per heavy atom. The lowest BCUT2D eigenvalue weighted by atomic mass is 9.70. The fourth-order valence-corrected chi connectivity index (χ4v) is 3.90. The maximum Gasteiger partial charge on any atom is 0.170 e. The molecule has 0 radical (unpaired) electrons. The summed E-state index contributed by atoms with van der Waals surface area (Å²) in [7, 11) is 0. The smallest absolute Gasteiger partial charge is 0.170 e. The molecule has 2 nitrogen and oxygen atoms in total. The van der Waals surface area contributed by atoms with Crippen LogP contribution in [0.3, 0.4) is 0 Å². The van der Waals surface area contributed by atoms with E-state index >= 15 is 0 Å². The Morgan fingerprint density at radius 2 is 1.95 bits per heavy atom. The Balaban J connectivity index is 1.97. The molecule has 3 rings (SSSR count). The highest BCUT2D eigenvalue weighted by Gasteiger charge is 2.45. The lowest BCUT2D eigenvalue weighted by Gasteiger charge is -2.45. The van der Waals surface area contributed by atoms with Gasteiger partial charge in [0.25, 0.3) is 0 Å². The zero-order valence-electron chi connectivity index (χ0n) is 11.4. The topological polar surface area (TPSA) is 26.3 Å². The molecule has 2 aliphatic rings. The van der Waals surface area contributed by atoms with Gasteiger partial charge >= 0.3 is 0 Å². The van der Waals surface area contributed by atoms with E-state index in [0.29, 0.717) is 29.6 Å². The summed E-state index contributed by atoms with van der Waals surface area (Å²) in [5.41, 5.74) is 0.118. The third-order valence-corrected chi connectivity index (χ3v) is 4.30. The average Bonchev–Trinajstić information content (AvgIpc) is 2.25. The summed E-state index contributed by atoms with van der Waals surface area (Å²) in [6, 6.07) is 4.21. The molecule has 0 aromatic heterocycles. The van der Waals surface area contributed by atoms with Gasteiger partial charge in [0.2, 0.25) is 0 Å². The lowest BCUT2D eigenvalue weighted by molar-refractivity contribution is -0.0175. The fourth-order valence-electron chi connectivity index (χ4n) is 3.90. The van der Waals surface area contributed by atoms with E-state index in [1.165, 1.54) is 24.6 Å². The van der Waals surface area contributed by atoms with E-state index in [9.17, 15) is 9.18 Å². The molecule has 1 aromatic rings. The van der Waals surface area contributed by atoms with Crippen molar-refractivity contribution in [3.8, 4) is 5.75 Å². The number of hydrogen-bond acceptors (Lipinski definition) is 2. The van der Waals surface area contributed by atoms with E-state index in [1.54, 1.807) is 0 Å². The standard InChI is InChI=1S/C16H19FO2/c1-10-5-11(2)8-16(7-10)9-14(18)13-4-3-12(17)6-15(13)19-16/h3-4,6,10-11H,5,7-9H2,1-2H3. The molecule has 1 saturated carbocycles. The Bertz CT molecular complexity index is 513. The highest BCUT2D eigenvalue weighted by Crippen LogP contribution is 2.45. The second-order valence-electron chi connectivity index (χ2n) is 6.38. The van der Waals surface area contributed by atoms with Crippen LogP contribution in [-0.4, -0.2) is 11.4 Å². The number of ether oxygens (including phenoxy) is 1. The van der Waals surface area contributed by atoms with Crippen molar-refractivity contribution in [3.63, 3.8) is 0 Å². The van der Waals surface area contributed by atoms with Crippen LogP contribution in [0.2, 0.25) is 0 Å². The van der Waals surface area contributed by atoms with Crippen molar-refractivity contribution >= 4 is 5.78 Å². The van der Waals surface area contributed by atoms with E-state index in [1.807, 2.05) is 0 Å². The van der Waals surface area contributed by atoms with Gasteiger partial charge in [0.15, 0.2) is 5.78 Å². The molecule has 0 amide bonds. The summed E-state index contributed by atoms with van der Waals surface area (Å²) in [6.07, 6.45) is 3.38. The molecule has 2 atom stereocenters. The van der Waals surface area contributed by atoms with Crippen LogP contribution in [0.25, 0.3) is 0 Å². The van der Waals surface area contributed by atoms with Gasteiger partial charge < -0.3 is 4.74 Å². The van der Waals surface area contributed by atoms with Gasteiger partial charge in [-0.05, 0) is 43.2 Å². The number of halogens is 1. The third-order valence-electron chi connectivity index (χ3n) is 4.30. The van der Waals surface area contributed by atoms with E-state index in [0.717, 1.165) is 12.8 Å². The summed E-state index contributed by atoms with van der Waals surface area (Å²) >= 11 is 0. The minimum atomic E-state index is -0.408. The van der Waals surface area contributed by atoms with Crippen molar-refractivity contribution in [3.05, 3.63) is 29.6 Å². The van der Waals surface area contributed by atoms with Crippen LogP contribution in [0, 0.1) is 17.7 Å². The largest absolute Gasteiger partial charge is 0.486 e. The van der Waals surface area contributed by atoms with Crippen LogP contribution in [0.4, 0.5) is 4.39 Å². The maximum absolute atomic E-state index is 13.3. The molecule has 0 N–H and O–H groups in total. The summed E-state index contributed by atoms with van der Waals surface area (Å²) in [5, 5.41) is 0. The number of carbonyl (C=O) groups excluding carboxylic acids is 1. The van der Waals surface area contributed by atoms with Crippen LogP contribution >= 0.6 is 0 Å². The Labute approximate surface area is 113 Å². The van der Waals surface area contributed by atoms with Crippen LogP contribution in [0.5, 0.6) is 5.75 Å². The van der Waals surface area contributed by atoms with Gasteiger partial charge in [-0.3, -0.25) is 4.79 Å². The Morgan fingerprint density at radius 3 is 2.63 bits per heavy atom. The Hall–Kier alpha value is -1.38. The lowest BCUT2D eigenvalue weighted by Crippen LogP contribution is -2.47. The van der Waals surface area contributed by atoms with Crippen molar-refractivity contribution in [1.29, 1.82) is 0 Å². The molecule has 1 aromatic carbocycles. The number of rotatable bonds is 0. The summed E-state index contributed by atoms with van der Waals surface area (Å²) in [5.74, 6) is 1.26. The van der Waals surface area contributed by atoms with Crippen LogP contribution in [0.1, 0.15) is 49.9 Å². The van der Waals surface area contributed by atoms with Crippen molar-refractivity contribution < 1.29 is 13.9 Å². The highest BCUT2D eigenvalue weighted by atomic mass is 19.1. The predicted octanol–water partition coefficient (Wildman–Crippen LogP) is 3.99. The van der Waals surface area contributed by atoms with Crippen molar-refractivity contribution in [2.75, 3.05) is 0 Å². The molecular formula is C16H19FO2. The quantitative estimate of drug-likeness (QED) is 0.706. The number of ketones is 1. The second-order valence-corrected chi connectivity index (χ2v) is 6.38. The molecule has 2 unspecified atom stereocenters. The van der Waals surface area contributed by atoms with Crippen LogP contribution < -0.4 is 4.74 Å². The zero-order chi connectivity index (χ0) is 13.6. The van der Waals surface area contributed by atoms with E-state index in [4.69, 9.17) is 4.74 Å². The molecule has 3 heteroatoms. The van der Waals surface area contributed by atoms with Gasteiger partial charge in [0.05, 0.1) is 12.0 Å². The van der Waals surface area contributed by atoms with Crippen LogP contribution in [-0.2, 0) is 0 Å². The highest BCUT2D eigenvalue weighted by molar-refractivity contribution is 6.00. The van der Waals surface area contributed by atoms with E-state index in [-0.39, 0.29) is 11.6 Å². The molecule has 1 spiro atoms. The molecule has 1 aliphatic heterocycles. The number of carbonyl (C=O) groups is 1. The van der Waals surface area contributed by atoms with Gasteiger partial charge in [0, 0.05) is 6.07 Å².